The van der Waals surface area contributed by atoms with Crippen LogP contribution in [0.5, 0.6) is 0 Å². The quantitative estimate of drug-likeness (QED) is 0.458. The van der Waals surface area contributed by atoms with Gasteiger partial charge in [-0.1, -0.05) is 54.6 Å². The Balaban J connectivity index is 1.79. The molecule has 1 aromatic heterocycles. The molecular formula is C22H20N2O4S2. The standard InChI is InChI=1S/C22H20N2O4S2/c1-23(29(25,26)19-10-4-2-5-11-19)16-18-17-24(22-15-9-8-14-21(18)22)30(27,28)20-12-6-3-7-13-20/h2-15,17H,16H2,1H3. The fourth-order valence-electron chi connectivity index (χ4n) is 3.35. The van der Waals surface area contributed by atoms with Crippen LogP contribution in [0.3, 0.4) is 0 Å². The Morgan fingerprint density at radius 2 is 1.27 bits per heavy atom. The van der Waals surface area contributed by atoms with E-state index in [9.17, 15) is 16.8 Å². The predicted octanol–water partition coefficient (Wildman–Crippen LogP) is 3.70. The number of nitrogens with zero attached hydrogens (tertiary/aromatic N) is 2. The Labute approximate surface area is 176 Å². The first-order valence-corrected chi connectivity index (χ1v) is 12.1. The molecule has 0 aliphatic heterocycles. The third-order valence-corrected chi connectivity index (χ3v) is 8.41. The molecular weight excluding hydrogens is 420 g/mol. The second-order valence-corrected chi connectivity index (χ2v) is 10.7. The number of para-hydroxylation sites is 1. The third-order valence-electron chi connectivity index (χ3n) is 4.90. The fourth-order valence-corrected chi connectivity index (χ4v) is 5.93. The van der Waals surface area contributed by atoms with Gasteiger partial charge < -0.3 is 0 Å². The normalized spacial score (nSPS) is 12.5. The molecule has 0 N–H and O–H groups in total. The van der Waals surface area contributed by atoms with Crippen molar-refractivity contribution >= 4 is 30.9 Å². The van der Waals surface area contributed by atoms with Crippen LogP contribution < -0.4 is 0 Å². The van der Waals surface area contributed by atoms with Crippen LogP contribution in [0.25, 0.3) is 10.9 Å². The van der Waals surface area contributed by atoms with Crippen molar-refractivity contribution in [3.63, 3.8) is 0 Å². The summed E-state index contributed by atoms with van der Waals surface area (Å²) in [7, 11) is -6.04. The Hall–Kier alpha value is -2.94. The van der Waals surface area contributed by atoms with Gasteiger partial charge in [0.2, 0.25) is 10.0 Å². The van der Waals surface area contributed by atoms with Gasteiger partial charge in [0.1, 0.15) is 0 Å². The summed E-state index contributed by atoms with van der Waals surface area (Å²) in [6.45, 7) is 0.0368. The summed E-state index contributed by atoms with van der Waals surface area (Å²) >= 11 is 0. The van der Waals surface area contributed by atoms with Crippen LogP contribution in [-0.2, 0) is 26.6 Å². The molecule has 0 atom stereocenters. The smallest absolute Gasteiger partial charge is 0.241 e. The maximum absolute atomic E-state index is 13.2. The number of aromatic nitrogens is 1. The van der Waals surface area contributed by atoms with Gasteiger partial charge in [0, 0.05) is 25.2 Å². The van der Waals surface area contributed by atoms with Gasteiger partial charge in [-0.2, -0.15) is 4.31 Å². The molecule has 0 amide bonds. The number of fused-ring (bicyclic) bond motifs is 1. The molecule has 0 unspecified atom stereocenters. The lowest BCUT2D eigenvalue weighted by atomic mass is 10.2. The Morgan fingerprint density at radius 3 is 1.90 bits per heavy atom. The largest absolute Gasteiger partial charge is 0.268 e. The van der Waals surface area contributed by atoms with Crippen LogP contribution in [0.15, 0.2) is 101 Å². The Kier molecular flexibility index (Phi) is 5.23. The molecule has 154 valence electrons. The molecule has 0 spiro atoms. The Bertz CT molecular complexity index is 1400. The molecule has 0 fully saturated rings. The van der Waals surface area contributed by atoms with Crippen LogP contribution >= 0.6 is 0 Å². The van der Waals surface area contributed by atoms with Gasteiger partial charge in [-0.05, 0) is 35.9 Å². The molecule has 3 aromatic carbocycles. The average Bonchev–Trinajstić information content (AvgIpc) is 3.14. The minimum absolute atomic E-state index is 0.0368. The van der Waals surface area contributed by atoms with Crippen molar-refractivity contribution in [3.8, 4) is 0 Å². The highest BCUT2D eigenvalue weighted by molar-refractivity contribution is 7.90. The van der Waals surface area contributed by atoms with Crippen molar-refractivity contribution in [2.24, 2.45) is 0 Å². The van der Waals surface area contributed by atoms with E-state index < -0.39 is 20.0 Å². The summed E-state index contributed by atoms with van der Waals surface area (Å²) in [5.74, 6) is 0. The summed E-state index contributed by atoms with van der Waals surface area (Å²) in [6.07, 6.45) is 1.50. The molecule has 0 aliphatic rings. The zero-order valence-corrected chi connectivity index (χ0v) is 17.8. The van der Waals surface area contributed by atoms with Crippen molar-refractivity contribution in [2.45, 2.75) is 16.3 Å². The topological polar surface area (TPSA) is 76.5 Å². The van der Waals surface area contributed by atoms with Crippen LogP contribution in [-0.4, -0.2) is 32.2 Å². The molecule has 1 heterocycles. The van der Waals surface area contributed by atoms with Gasteiger partial charge in [0.15, 0.2) is 0 Å². The average molecular weight is 441 g/mol. The maximum Gasteiger partial charge on any atom is 0.268 e. The summed E-state index contributed by atoms with van der Waals surface area (Å²) < 4.78 is 54.6. The van der Waals surface area contributed by atoms with Crippen molar-refractivity contribution in [1.29, 1.82) is 0 Å². The van der Waals surface area contributed by atoms with Crippen molar-refractivity contribution in [2.75, 3.05) is 7.05 Å². The zero-order chi connectivity index (χ0) is 21.4. The van der Waals surface area contributed by atoms with E-state index in [1.165, 1.54) is 45.8 Å². The molecule has 6 nitrogen and oxygen atoms in total. The van der Waals surface area contributed by atoms with Crippen LogP contribution in [0, 0.1) is 0 Å². The number of rotatable bonds is 6. The number of benzene rings is 3. The number of sulfonamides is 1. The Morgan fingerprint density at radius 1 is 0.733 bits per heavy atom. The number of hydrogen-bond acceptors (Lipinski definition) is 4. The van der Waals surface area contributed by atoms with Crippen molar-refractivity contribution < 1.29 is 16.8 Å². The highest BCUT2D eigenvalue weighted by Crippen LogP contribution is 2.28. The monoisotopic (exact) mass is 440 g/mol. The van der Waals surface area contributed by atoms with Gasteiger partial charge >= 0.3 is 0 Å². The fraction of sp³-hybridized carbons (Fsp3) is 0.0909. The summed E-state index contributed by atoms with van der Waals surface area (Å²) in [5.41, 5.74) is 1.11. The molecule has 30 heavy (non-hydrogen) atoms. The van der Waals surface area contributed by atoms with E-state index in [4.69, 9.17) is 0 Å². The van der Waals surface area contributed by atoms with E-state index >= 15 is 0 Å². The summed E-state index contributed by atoms with van der Waals surface area (Å²) in [6, 6.07) is 23.4. The highest BCUT2D eigenvalue weighted by Gasteiger charge is 2.25. The molecule has 0 saturated heterocycles. The molecule has 4 rings (SSSR count). The first-order valence-electron chi connectivity index (χ1n) is 9.23. The first-order chi connectivity index (χ1) is 14.3. The van der Waals surface area contributed by atoms with E-state index in [0.717, 1.165) is 0 Å². The number of hydrogen-bond donors (Lipinski definition) is 0. The van der Waals surface area contributed by atoms with Crippen LogP contribution in [0.1, 0.15) is 5.56 Å². The van der Waals surface area contributed by atoms with Gasteiger partial charge in [0.05, 0.1) is 15.3 Å². The minimum Gasteiger partial charge on any atom is -0.241 e. The van der Waals surface area contributed by atoms with E-state index in [2.05, 4.69) is 0 Å². The molecule has 0 aliphatic carbocycles. The first kappa shape index (κ1) is 20.3. The minimum atomic E-state index is -3.82. The lowest BCUT2D eigenvalue weighted by Gasteiger charge is -2.16. The molecule has 4 aromatic rings. The van der Waals surface area contributed by atoms with E-state index in [0.29, 0.717) is 16.5 Å². The molecule has 0 saturated carbocycles. The van der Waals surface area contributed by atoms with Gasteiger partial charge in [-0.3, -0.25) is 0 Å². The maximum atomic E-state index is 13.2. The van der Waals surface area contributed by atoms with Crippen LogP contribution in [0.4, 0.5) is 0 Å². The second-order valence-electron chi connectivity index (χ2n) is 6.86. The zero-order valence-electron chi connectivity index (χ0n) is 16.2. The van der Waals surface area contributed by atoms with E-state index in [1.807, 2.05) is 0 Å². The second kappa shape index (κ2) is 7.71. The lowest BCUT2D eigenvalue weighted by molar-refractivity contribution is 0.468. The van der Waals surface area contributed by atoms with E-state index in [1.54, 1.807) is 60.7 Å². The van der Waals surface area contributed by atoms with Crippen LogP contribution in [0.2, 0.25) is 0 Å². The molecule has 0 bridgehead atoms. The van der Waals surface area contributed by atoms with Gasteiger partial charge in [-0.15, -0.1) is 0 Å². The molecule has 8 heteroatoms. The SMILES string of the molecule is CN(Cc1cn(S(=O)(=O)c2ccccc2)c2ccccc12)S(=O)(=O)c1ccccc1. The third kappa shape index (κ3) is 3.54. The highest BCUT2D eigenvalue weighted by atomic mass is 32.2. The lowest BCUT2D eigenvalue weighted by Crippen LogP contribution is -2.26. The molecule has 0 radical (unpaired) electrons. The summed E-state index contributed by atoms with van der Waals surface area (Å²) in [4.78, 5) is 0.357. The van der Waals surface area contributed by atoms with Crippen molar-refractivity contribution in [3.05, 3.63) is 96.7 Å². The summed E-state index contributed by atoms with van der Waals surface area (Å²) in [5, 5.41) is 0.687. The van der Waals surface area contributed by atoms with Gasteiger partial charge in [0.25, 0.3) is 10.0 Å². The van der Waals surface area contributed by atoms with E-state index in [-0.39, 0.29) is 16.3 Å². The van der Waals surface area contributed by atoms with Gasteiger partial charge in [-0.25, -0.2) is 20.8 Å². The predicted molar refractivity (Wildman–Crippen MR) is 116 cm³/mol. The van der Waals surface area contributed by atoms with Crippen molar-refractivity contribution in [1.82, 2.24) is 8.28 Å².